The van der Waals surface area contributed by atoms with Crippen molar-refractivity contribution in [2.24, 2.45) is 0 Å². The third-order valence-corrected chi connectivity index (χ3v) is 4.38. The Balaban J connectivity index is 1.48. The number of fused-ring (bicyclic) bond motifs is 1. The molecule has 0 bridgehead atoms. The van der Waals surface area contributed by atoms with Gasteiger partial charge < -0.3 is 4.74 Å². The highest BCUT2D eigenvalue weighted by Crippen LogP contribution is 2.25. The molecule has 1 aliphatic carbocycles. The van der Waals surface area contributed by atoms with Crippen molar-refractivity contribution in [1.29, 1.82) is 0 Å². The van der Waals surface area contributed by atoms with Crippen molar-refractivity contribution in [3.05, 3.63) is 64.2 Å². The first-order valence-corrected chi connectivity index (χ1v) is 8.44. The van der Waals surface area contributed by atoms with Crippen LogP contribution in [0.25, 0.3) is 0 Å². The van der Waals surface area contributed by atoms with Gasteiger partial charge in [-0.1, -0.05) is 23.8 Å². The lowest BCUT2D eigenvalue weighted by Crippen LogP contribution is -2.44. The van der Waals surface area contributed by atoms with Crippen LogP contribution in [0, 0.1) is 13.8 Å². The molecule has 25 heavy (non-hydrogen) atoms. The van der Waals surface area contributed by atoms with Gasteiger partial charge in [-0.3, -0.25) is 20.4 Å². The highest BCUT2D eigenvalue weighted by molar-refractivity contribution is 5.96. The van der Waals surface area contributed by atoms with E-state index in [9.17, 15) is 9.59 Å². The Labute approximate surface area is 147 Å². The van der Waals surface area contributed by atoms with Gasteiger partial charge in [-0.25, -0.2) is 0 Å². The van der Waals surface area contributed by atoms with Crippen molar-refractivity contribution in [3.63, 3.8) is 0 Å². The molecule has 2 amide bonds. The maximum atomic E-state index is 12.1. The largest absolute Gasteiger partial charge is 0.484 e. The molecule has 0 saturated carbocycles. The number of hydrogen-bond donors (Lipinski definition) is 2. The normalized spacial score (nSPS) is 12.4. The van der Waals surface area contributed by atoms with E-state index in [-0.39, 0.29) is 12.5 Å². The van der Waals surface area contributed by atoms with E-state index < -0.39 is 5.91 Å². The number of nitrogens with one attached hydrogen (secondary N) is 2. The van der Waals surface area contributed by atoms with E-state index in [1.807, 2.05) is 38.1 Å². The summed E-state index contributed by atoms with van der Waals surface area (Å²) in [5.41, 5.74) is 9.93. The molecule has 0 aromatic heterocycles. The number of hydrogen-bond acceptors (Lipinski definition) is 3. The molecule has 3 rings (SSSR count). The number of benzene rings is 2. The summed E-state index contributed by atoms with van der Waals surface area (Å²) in [5.74, 6) is -0.0708. The molecule has 0 spiro atoms. The molecule has 0 heterocycles. The van der Waals surface area contributed by atoms with Crippen molar-refractivity contribution in [3.8, 4) is 5.75 Å². The van der Waals surface area contributed by atoms with Crippen LogP contribution < -0.4 is 15.6 Å². The first-order valence-electron chi connectivity index (χ1n) is 8.44. The van der Waals surface area contributed by atoms with Crippen LogP contribution in [0.3, 0.4) is 0 Å². The minimum atomic E-state index is -0.404. The lowest BCUT2D eigenvalue weighted by Gasteiger charge is -2.11. The summed E-state index contributed by atoms with van der Waals surface area (Å²) < 4.78 is 5.51. The second-order valence-corrected chi connectivity index (χ2v) is 6.39. The van der Waals surface area contributed by atoms with E-state index in [0.717, 1.165) is 24.0 Å². The van der Waals surface area contributed by atoms with Crippen LogP contribution in [0.4, 0.5) is 0 Å². The Bertz CT molecular complexity index is 815. The first-order chi connectivity index (χ1) is 12.0. The number of ether oxygens (including phenoxy) is 1. The van der Waals surface area contributed by atoms with Gasteiger partial charge in [0.05, 0.1) is 0 Å². The number of hydrazine groups is 1. The number of carbonyl (C=O) groups is 2. The van der Waals surface area contributed by atoms with Crippen molar-refractivity contribution >= 4 is 11.8 Å². The average Bonchev–Trinajstić information content (AvgIpc) is 3.05. The van der Waals surface area contributed by atoms with E-state index >= 15 is 0 Å². The maximum Gasteiger partial charge on any atom is 0.276 e. The van der Waals surface area contributed by atoms with Gasteiger partial charge >= 0.3 is 0 Å². The molecule has 1 aliphatic rings. The second kappa shape index (κ2) is 7.38. The summed E-state index contributed by atoms with van der Waals surface area (Å²) in [7, 11) is 0. The zero-order chi connectivity index (χ0) is 17.8. The molecular weight excluding hydrogens is 316 g/mol. The summed E-state index contributed by atoms with van der Waals surface area (Å²) in [6.45, 7) is 3.68. The van der Waals surface area contributed by atoms with Crippen LogP contribution in [0.5, 0.6) is 5.75 Å². The monoisotopic (exact) mass is 338 g/mol. The lowest BCUT2D eigenvalue weighted by molar-refractivity contribution is -0.123. The molecule has 0 unspecified atom stereocenters. The summed E-state index contributed by atoms with van der Waals surface area (Å²) in [6.07, 6.45) is 3.34. The molecule has 0 saturated heterocycles. The van der Waals surface area contributed by atoms with E-state index in [0.29, 0.717) is 11.3 Å². The minimum Gasteiger partial charge on any atom is -0.484 e. The van der Waals surface area contributed by atoms with Crippen molar-refractivity contribution in [1.82, 2.24) is 10.9 Å². The molecule has 2 aromatic rings. The van der Waals surface area contributed by atoms with Crippen LogP contribution in [0.15, 0.2) is 36.4 Å². The van der Waals surface area contributed by atoms with E-state index in [4.69, 9.17) is 4.74 Å². The Kier molecular flexibility index (Phi) is 5.03. The molecule has 0 atom stereocenters. The Morgan fingerprint density at radius 1 is 1.00 bits per heavy atom. The smallest absolute Gasteiger partial charge is 0.276 e. The van der Waals surface area contributed by atoms with Crippen molar-refractivity contribution in [2.45, 2.75) is 33.1 Å². The average molecular weight is 338 g/mol. The van der Waals surface area contributed by atoms with Crippen LogP contribution in [-0.4, -0.2) is 18.4 Å². The predicted octanol–water partition coefficient (Wildman–Crippen LogP) is 2.63. The topological polar surface area (TPSA) is 67.4 Å². The molecule has 130 valence electrons. The fourth-order valence-corrected chi connectivity index (χ4v) is 3.09. The maximum absolute atomic E-state index is 12.1. The van der Waals surface area contributed by atoms with Gasteiger partial charge in [-0.2, -0.15) is 0 Å². The van der Waals surface area contributed by atoms with Crippen molar-refractivity contribution in [2.75, 3.05) is 6.61 Å². The molecule has 0 fully saturated rings. The number of aryl methyl sites for hydroxylation is 4. The van der Waals surface area contributed by atoms with E-state index in [1.165, 1.54) is 17.5 Å². The van der Waals surface area contributed by atoms with Gasteiger partial charge in [0.2, 0.25) is 0 Å². The summed E-state index contributed by atoms with van der Waals surface area (Å²) >= 11 is 0. The van der Waals surface area contributed by atoms with Crippen LogP contribution in [0.1, 0.15) is 39.0 Å². The van der Waals surface area contributed by atoms with Gasteiger partial charge in [0.25, 0.3) is 11.8 Å². The first kappa shape index (κ1) is 17.0. The zero-order valence-corrected chi connectivity index (χ0v) is 14.5. The lowest BCUT2D eigenvalue weighted by atomic mass is 10.1. The molecule has 5 nitrogen and oxygen atoms in total. The zero-order valence-electron chi connectivity index (χ0n) is 14.5. The SMILES string of the molecule is Cc1ccc(C(=O)NNC(=O)COc2ccc3c(c2)CCC3)c(C)c1. The fourth-order valence-electron chi connectivity index (χ4n) is 3.09. The minimum absolute atomic E-state index is 0.147. The summed E-state index contributed by atoms with van der Waals surface area (Å²) in [5, 5.41) is 0. The van der Waals surface area contributed by atoms with Gasteiger partial charge in [-0.15, -0.1) is 0 Å². The fraction of sp³-hybridized carbons (Fsp3) is 0.300. The van der Waals surface area contributed by atoms with Gasteiger partial charge in [0.15, 0.2) is 6.61 Å². The predicted molar refractivity (Wildman–Crippen MR) is 95.5 cm³/mol. The standard InChI is InChI=1S/C20H22N2O3/c1-13-6-9-18(14(2)10-13)20(24)22-21-19(23)12-25-17-8-7-15-4-3-5-16(15)11-17/h6-11H,3-5,12H2,1-2H3,(H,21,23)(H,22,24). The van der Waals surface area contributed by atoms with E-state index in [2.05, 4.69) is 16.9 Å². The Morgan fingerprint density at radius 2 is 1.80 bits per heavy atom. The van der Waals surface area contributed by atoms with Crippen LogP contribution in [0.2, 0.25) is 0 Å². The van der Waals surface area contributed by atoms with Crippen LogP contribution in [-0.2, 0) is 17.6 Å². The molecule has 0 radical (unpaired) electrons. The number of rotatable bonds is 4. The Hall–Kier alpha value is -2.82. The molecule has 0 aliphatic heterocycles. The molecule has 5 heteroatoms. The van der Waals surface area contributed by atoms with E-state index in [1.54, 1.807) is 6.07 Å². The summed E-state index contributed by atoms with van der Waals surface area (Å²) in [4.78, 5) is 24.0. The number of amides is 2. The van der Waals surface area contributed by atoms with Gasteiger partial charge in [-0.05, 0) is 68.0 Å². The highest BCUT2D eigenvalue weighted by atomic mass is 16.5. The third kappa shape index (κ3) is 4.18. The van der Waals surface area contributed by atoms with Gasteiger partial charge in [0.1, 0.15) is 5.75 Å². The molecule has 2 aromatic carbocycles. The van der Waals surface area contributed by atoms with Crippen molar-refractivity contribution < 1.29 is 14.3 Å². The highest BCUT2D eigenvalue weighted by Gasteiger charge is 2.13. The Morgan fingerprint density at radius 3 is 2.60 bits per heavy atom. The second-order valence-electron chi connectivity index (χ2n) is 6.39. The molecular formula is C20H22N2O3. The molecule has 2 N–H and O–H groups in total. The summed E-state index contributed by atoms with van der Waals surface area (Å²) in [6, 6.07) is 11.5. The van der Waals surface area contributed by atoms with Gasteiger partial charge in [0, 0.05) is 5.56 Å². The quantitative estimate of drug-likeness (QED) is 0.842. The van der Waals surface area contributed by atoms with Crippen LogP contribution >= 0.6 is 0 Å². The third-order valence-electron chi connectivity index (χ3n) is 4.38. The number of carbonyl (C=O) groups excluding carboxylic acids is 2.